The van der Waals surface area contributed by atoms with Crippen LogP contribution < -0.4 is 10.5 Å². The third-order valence-electron chi connectivity index (χ3n) is 1.96. The molecule has 0 radical (unpaired) electrons. The summed E-state index contributed by atoms with van der Waals surface area (Å²) in [7, 11) is 0. The number of hydrogen-bond donors (Lipinski definition) is 2. The number of benzene rings is 1. The Morgan fingerprint density at radius 1 is 1.35 bits per heavy atom. The largest absolute Gasteiger partial charge is 0.480 e. The van der Waals surface area contributed by atoms with E-state index in [0.29, 0.717) is 5.75 Å². The van der Waals surface area contributed by atoms with Crippen LogP contribution in [0.4, 0.5) is 0 Å². The van der Waals surface area contributed by atoms with Gasteiger partial charge >= 0.3 is 11.9 Å². The van der Waals surface area contributed by atoms with E-state index in [4.69, 9.17) is 15.6 Å². The van der Waals surface area contributed by atoms with Crippen molar-refractivity contribution in [2.24, 2.45) is 5.73 Å². The molecule has 1 aromatic carbocycles. The van der Waals surface area contributed by atoms with Gasteiger partial charge in [0.05, 0.1) is 0 Å². The van der Waals surface area contributed by atoms with Gasteiger partial charge in [-0.2, -0.15) is 13.5 Å². The molecule has 0 aliphatic rings. The highest BCUT2D eigenvalue weighted by molar-refractivity contribution is 7.59. The van der Waals surface area contributed by atoms with Gasteiger partial charge in [0.2, 0.25) is 0 Å². The summed E-state index contributed by atoms with van der Waals surface area (Å²) in [5.74, 6) is -1.00. The Kier molecular flexibility index (Phi) is 6.30. The minimum atomic E-state index is -1.04. The lowest BCUT2D eigenvalue weighted by Gasteiger charge is -2.07. The van der Waals surface area contributed by atoms with E-state index in [1.807, 2.05) is 0 Å². The summed E-state index contributed by atoms with van der Waals surface area (Å²) in [6, 6.07) is 5.65. The van der Waals surface area contributed by atoms with Gasteiger partial charge < -0.3 is 15.6 Å². The number of rotatable bonds is 4. The van der Waals surface area contributed by atoms with E-state index in [9.17, 15) is 9.59 Å². The lowest BCUT2D eigenvalue weighted by atomic mass is 10.1. The van der Waals surface area contributed by atoms with Gasteiger partial charge in [0.1, 0.15) is 11.8 Å². The third-order valence-corrected chi connectivity index (χ3v) is 1.96. The molecule has 0 spiro atoms. The molecule has 0 fully saturated rings. The van der Waals surface area contributed by atoms with Gasteiger partial charge in [-0.1, -0.05) is 12.1 Å². The monoisotopic (exact) mass is 257 g/mol. The van der Waals surface area contributed by atoms with Crippen LogP contribution in [0.15, 0.2) is 24.3 Å². The number of carboxylic acid groups (broad SMARTS) is 1. The quantitative estimate of drug-likeness (QED) is 0.611. The topological polar surface area (TPSA) is 89.6 Å². The van der Waals surface area contributed by atoms with Crippen LogP contribution >= 0.6 is 13.5 Å². The summed E-state index contributed by atoms with van der Waals surface area (Å²) in [6.45, 7) is 1.31. The van der Waals surface area contributed by atoms with Crippen LogP contribution in [0.1, 0.15) is 12.5 Å². The molecule has 0 heterocycles. The fourth-order valence-electron chi connectivity index (χ4n) is 1.20. The van der Waals surface area contributed by atoms with Crippen molar-refractivity contribution in [3.05, 3.63) is 29.8 Å². The predicted octanol–water partition coefficient (Wildman–Crippen LogP) is 0.679. The van der Waals surface area contributed by atoms with Crippen molar-refractivity contribution in [1.82, 2.24) is 0 Å². The summed E-state index contributed by atoms with van der Waals surface area (Å²) in [5, 5.41) is 8.62. The number of esters is 1. The summed E-state index contributed by atoms with van der Waals surface area (Å²) >= 11 is 0. The Balaban J connectivity index is 0.00000256. The van der Waals surface area contributed by atoms with Gasteiger partial charge in [0.25, 0.3) is 0 Å². The molecule has 0 bridgehead atoms. The van der Waals surface area contributed by atoms with E-state index < -0.39 is 18.0 Å². The first kappa shape index (κ1) is 15.5. The zero-order chi connectivity index (χ0) is 12.1. The molecule has 3 N–H and O–H groups in total. The maximum atomic E-state index is 10.6. The molecule has 94 valence electrons. The van der Waals surface area contributed by atoms with Gasteiger partial charge in [-0.25, -0.2) is 0 Å². The number of carbonyl (C=O) groups excluding carboxylic acids is 1. The first-order valence-electron chi connectivity index (χ1n) is 4.75. The lowest BCUT2D eigenvalue weighted by Crippen LogP contribution is -2.32. The molecule has 1 rings (SSSR count). The van der Waals surface area contributed by atoms with Crippen LogP contribution in [-0.2, 0) is 16.0 Å². The summed E-state index contributed by atoms with van der Waals surface area (Å²) in [4.78, 5) is 21.2. The number of hydrogen-bond acceptors (Lipinski definition) is 4. The second kappa shape index (κ2) is 6.93. The molecule has 0 aliphatic carbocycles. The van der Waals surface area contributed by atoms with Gasteiger partial charge in [0, 0.05) is 6.92 Å². The molecular weight excluding hydrogens is 242 g/mol. The smallest absolute Gasteiger partial charge is 0.320 e. The normalized spacial score (nSPS) is 11.2. The molecule has 5 nitrogen and oxygen atoms in total. The minimum absolute atomic E-state index is 0. The highest BCUT2D eigenvalue weighted by Crippen LogP contribution is 2.13. The number of ether oxygens (including phenoxy) is 1. The summed E-state index contributed by atoms with van der Waals surface area (Å²) < 4.78 is 4.84. The Hall–Kier alpha value is -1.53. The molecule has 1 aromatic rings. The molecular formula is C11H15NO4S. The molecule has 0 saturated carbocycles. The van der Waals surface area contributed by atoms with Crippen LogP contribution in [0.5, 0.6) is 5.75 Å². The van der Waals surface area contributed by atoms with E-state index in [1.54, 1.807) is 24.3 Å². The van der Waals surface area contributed by atoms with Crippen molar-refractivity contribution in [1.29, 1.82) is 0 Å². The Morgan fingerprint density at radius 3 is 2.29 bits per heavy atom. The zero-order valence-corrected chi connectivity index (χ0v) is 10.3. The summed E-state index contributed by atoms with van der Waals surface area (Å²) in [6.07, 6.45) is 0.246. The molecule has 17 heavy (non-hydrogen) atoms. The number of carbonyl (C=O) groups is 2. The van der Waals surface area contributed by atoms with Crippen molar-refractivity contribution < 1.29 is 19.4 Å². The van der Waals surface area contributed by atoms with Gasteiger partial charge in [-0.3, -0.25) is 9.59 Å². The highest BCUT2D eigenvalue weighted by Gasteiger charge is 2.11. The molecule has 0 aromatic heterocycles. The van der Waals surface area contributed by atoms with E-state index in [2.05, 4.69) is 0 Å². The maximum absolute atomic E-state index is 10.6. The maximum Gasteiger partial charge on any atom is 0.320 e. The van der Waals surface area contributed by atoms with E-state index in [0.717, 1.165) is 5.56 Å². The molecule has 0 saturated heterocycles. The Labute approximate surface area is 106 Å². The van der Waals surface area contributed by atoms with Crippen LogP contribution in [0.25, 0.3) is 0 Å². The fourth-order valence-corrected chi connectivity index (χ4v) is 1.20. The Morgan fingerprint density at radius 2 is 1.88 bits per heavy atom. The number of nitrogens with two attached hydrogens (primary N) is 1. The first-order chi connectivity index (χ1) is 7.49. The van der Waals surface area contributed by atoms with E-state index in [-0.39, 0.29) is 19.9 Å². The zero-order valence-electron chi connectivity index (χ0n) is 9.34. The van der Waals surface area contributed by atoms with E-state index >= 15 is 0 Å². The average Bonchev–Trinajstić information content (AvgIpc) is 2.20. The molecule has 1 atom stereocenters. The predicted molar refractivity (Wildman–Crippen MR) is 67.4 cm³/mol. The van der Waals surface area contributed by atoms with Crippen LogP contribution in [0, 0.1) is 0 Å². The number of aliphatic carboxylic acids is 1. The van der Waals surface area contributed by atoms with Crippen molar-refractivity contribution in [3.63, 3.8) is 0 Å². The molecule has 0 unspecified atom stereocenters. The molecule has 0 aliphatic heterocycles. The SMILES string of the molecule is CC(=O)Oc1ccc(C[C@H](N)C(=O)O)cc1.S. The van der Waals surface area contributed by atoms with Crippen molar-refractivity contribution >= 4 is 25.4 Å². The second-order valence-corrected chi connectivity index (χ2v) is 3.39. The van der Waals surface area contributed by atoms with Crippen molar-refractivity contribution in [2.75, 3.05) is 0 Å². The number of carboxylic acids is 1. The van der Waals surface area contributed by atoms with Crippen molar-refractivity contribution in [3.8, 4) is 5.75 Å². The average molecular weight is 257 g/mol. The second-order valence-electron chi connectivity index (χ2n) is 3.39. The van der Waals surface area contributed by atoms with Crippen LogP contribution in [0.2, 0.25) is 0 Å². The minimum Gasteiger partial charge on any atom is -0.480 e. The first-order valence-corrected chi connectivity index (χ1v) is 4.75. The van der Waals surface area contributed by atoms with E-state index in [1.165, 1.54) is 6.92 Å². The third kappa shape index (κ3) is 5.37. The standard InChI is InChI=1S/C11H13NO4.H2S/c1-7(13)16-9-4-2-8(3-5-9)6-10(12)11(14)15;/h2-5,10H,6,12H2,1H3,(H,14,15);1H2/t10-;/m0./s1. The lowest BCUT2D eigenvalue weighted by molar-refractivity contribution is -0.138. The van der Waals surface area contributed by atoms with Gasteiger partial charge in [-0.05, 0) is 24.1 Å². The summed E-state index contributed by atoms with van der Waals surface area (Å²) in [5.41, 5.74) is 6.17. The molecule has 0 amide bonds. The molecule has 6 heteroatoms. The fraction of sp³-hybridized carbons (Fsp3) is 0.273. The van der Waals surface area contributed by atoms with Gasteiger partial charge in [0.15, 0.2) is 0 Å². The van der Waals surface area contributed by atoms with Crippen molar-refractivity contribution in [2.45, 2.75) is 19.4 Å². The Bertz CT molecular complexity index is 391. The van der Waals surface area contributed by atoms with Crippen LogP contribution in [-0.4, -0.2) is 23.1 Å². The van der Waals surface area contributed by atoms with Crippen LogP contribution in [0.3, 0.4) is 0 Å². The van der Waals surface area contributed by atoms with Gasteiger partial charge in [-0.15, -0.1) is 0 Å². The highest BCUT2D eigenvalue weighted by atomic mass is 32.1.